The van der Waals surface area contributed by atoms with Crippen LogP contribution in [0.1, 0.15) is 17.2 Å². The molecule has 1 aromatic carbocycles. The molecule has 0 bridgehead atoms. The van der Waals surface area contributed by atoms with Crippen molar-refractivity contribution in [3.63, 3.8) is 0 Å². The van der Waals surface area contributed by atoms with Gasteiger partial charge < -0.3 is 0 Å². The van der Waals surface area contributed by atoms with Gasteiger partial charge in [0.2, 0.25) is 0 Å². The van der Waals surface area contributed by atoms with E-state index in [0.717, 1.165) is 5.56 Å². The van der Waals surface area contributed by atoms with Crippen molar-refractivity contribution in [1.82, 2.24) is 15.4 Å². The number of hydrogen-bond donors (Lipinski definition) is 2. The monoisotopic (exact) mass is 310 g/mol. The fraction of sp³-hybridized carbons (Fsp3) is 0.167. The van der Waals surface area contributed by atoms with Gasteiger partial charge >= 0.3 is 0 Å². The van der Waals surface area contributed by atoms with Crippen LogP contribution in [-0.4, -0.2) is 9.97 Å². The van der Waals surface area contributed by atoms with E-state index in [2.05, 4.69) is 31.3 Å². The molecule has 1 atom stereocenters. The molecule has 18 heavy (non-hydrogen) atoms. The summed E-state index contributed by atoms with van der Waals surface area (Å²) in [6.45, 7) is 0. The summed E-state index contributed by atoms with van der Waals surface area (Å²) in [5.74, 6) is 5.23. The smallest absolute Gasteiger partial charge is 0.127 e. The first kappa shape index (κ1) is 13.1. The molecule has 0 aliphatic rings. The van der Waals surface area contributed by atoms with Crippen molar-refractivity contribution < 1.29 is 4.39 Å². The van der Waals surface area contributed by atoms with Crippen LogP contribution in [0.15, 0.2) is 41.4 Å². The topological polar surface area (TPSA) is 63.8 Å². The first-order valence-corrected chi connectivity index (χ1v) is 6.15. The Morgan fingerprint density at radius 3 is 2.67 bits per heavy atom. The summed E-state index contributed by atoms with van der Waals surface area (Å²) in [5, 5.41) is 0. The molecule has 1 unspecified atom stereocenters. The molecule has 94 valence electrons. The van der Waals surface area contributed by atoms with Gasteiger partial charge in [-0.2, -0.15) is 0 Å². The Kier molecular flexibility index (Phi) is 4.35. The second-order valence-electron chi connectivity index (χ2n) is 3.83. The summed E-state index contributed by atoms with van der Waals surface area (Å²) >= 11 is 3.22. The first-order valence-electron chi connectivity index (χ1n) is 5.35. The van der Waals surface area contributed by atoms with Gasteiger partial charge in [0.1, 0.15) is 12.1 Å². The molecule has 0 amide bonds. The zero-order valence-corrected chi connectivity index (χ0v) is 11.1. The van der Waals surface area contributed by atoms with Gasteiger partial charge in [-0.3, -0.25) is 11.3 Å². The van der Waals surface area contributed by atoms with Crippen molar-refractivity contribution in [3.8, 4) is 0 Å². The fourth-order valence-electron chi connectivity index (χ4n) is 1.67. The zero-order chi connectivity index (χ0) is 13.0. The molecule has 4 nitrogen and oxygen atoms in total. The van der Waals surface area contributed by atoms with Crippen LogP contribution in [0.25, 0.3) is 0 Å². The molecule has 6 heteroatoms. The minimum absolute atomic E-state index is 0.220. The number of rotatable bonds is 4. The van der Waals surface area contributed by atoms with Gasteiger partial charge in [0.15, 0.2) is 0 Å². The lowest BCUT2D eigenvalue weighted by Crippen LogP contribution is -2.30. The number of hydrazine groups is 1. The molecule has 0 saturated heterocycles. The Labute approximate surface area is 113 Å². The molecule has 0 saturated carbocycles. The van der Waals surface area contributed by atoms with Gasteiger partial charge in [-0.1, -0.05) is 22.0 Å². The Hall–Kier alpha value is -1.37. The van der Waals surface area contributed by atoms with Crippen molar-refractivity contribution in [2.45, 2.75) is 12.5 Å². The van der Waals surface area contributed by atoms with Crippen LogP contribution in [0, 0.1) is 5.82 Å². The number of benzene rings is 1. The Morgan fingerprint density at radius 2 is 2.06 bits per heavy atom. The predicted molar refractivity (Wildman–Crippen MR) is 69.9 cm³/mol. The third kappa shape index (κ3) is 3.10. The predicted octanol–water partition coefficient (Wildman–Crippen LogP) is 2.13. The Balaban J connectivity index is 2.21. The average molecular weight is 311 g/mol. The van der Waals surface area contributed by atoms with E-state index in [4.69, 9.17) is 5.84 Å². The van der Waals surface area contributed by atoms with Crippen LogP contribution in [0.2, 0.25) is 0 Å². The van der Waals surface area contributed by atoms with Crippen LogP contribution < -0.4 is 11.3 Å². The molecule has 0 fully saturated rings. The third-order valence-electron chi connectivity index (χ3n) is 2.62. The molecule has 0 radical (unpaired) electrons. The van der Waals surface area contributed by atoms with Crippen LogP contribution in [0.3, 0.4) is 0 Å². The minimum Gasteiger partial charge on any atom is -0.271 e. The quantitative estimate of drug-likeness (QED) is 0.671. The van der Waals surface area contributed by atoms with Gasteiger partial charge in [-0.25, -0.2) is 14.4 Å². The largest absolute Gasteiger partial charge is 0.271 e. The van der Waals surface area contributed by atoms with Crippen LogP contribution in [-0.2, 0) is 6.42 Å². The maximum absolute atomic E-state index is 13.7. The Bertz CT molecular complexity index is 521. The molecule has 0 aliphatic carbocycles. The van der Waals surface area contributed by atoms with E-state index in [1.54, 1.807) is 24.5 Å². The van der Waals surface area contributed by atoms with E-state index in [-0.39, 0.29) is 11.9 Å². The fourth-order valence-corrected chi connectivity index (χ4v) is 2.00. The van der Waals surface area contributed by atoms with Crippen LogP contribution >= 0.6 is 15.9 Å². The van der Waals surface area contributed by atoms with Crippen LogP contribution in [0.4, 0.5) is 4.39 Å². The number of hydrogen-bond acceptors (Lipinski definition) is 4. The summed E-state index contributed by atoms with van der Waals surface area (Å²) in [6.07, 6.45) is 5.20. The molecule has 2 rings (SSSR count). The maximum Gasteiger partial charge on any atom is 0.127 e. The third-order valence-corrected chi connectivity index (χ3v) is 3.12. The lowest BCUT2D eigenvalue weighted by molar-refractivity contribution is 0.526. The number of nitrogens with two attached hydrogens (primary N) is 1. The summed E-state index contributed by atoms with van der Waals surface area (Å²) in [5.41, 5.74) is 4.06. The standard InChI is InChI=1S/C12H12BrFN4/c13-10-2-1-8(11(14)4-10)3-12(18-15)9-5-16-7-17-6-9/h1-2,4-7,12,18H,3,15H2. The number of nitrogens with zero attached hydrogens (tertiary/aromatic N) is 2. The van der Waals surface area contributed by atoms with Gasteiger partial charge in [0, 0.05) is 22.4 Å². The second kappa shape index (κ2) is 5.99. The van der Waals surface area contributed by atoms with Gasteiger partial charge in [0.05, 0.1) is 6.04 Å². The maximum atomic E-state index is 13.7. The van der Waals surface area contributed by atoms with E-state index in [1.807, 2.05) is 0 Å². The molecular weight excluding hydrogens is 299 g/mol. The number of nitrogens with one attached hydrogen (secondary N) is 1. The second-order valence-corrected chi connectivity index (χ2v) is 4.75. The van der Waals surface area contributed by atoms with Crippen molar-refractivity contribution in [1.29, 1.82) is 0 Å². The van der Waals surface area contributed by atoms with Crippen molar-refractivity contribution in [3.05, 3.63) is 58.3 Å². The normalized spacial score (nSPS) is 12.4. The highest BCUT2D eigenvalue weighted by atomic mass is 79.9. The average Bonchev–Trinajstić information content (AvgIpc) is 2.39. The summed E-state index contributed by atoms with van der Waals surface area (Å²) in [4.78, 5) is 7.85. The highest BCUT2D eigenvalue weighted by Crippen LogP contribution is 2.21. The molecule has 0 spiro atoms. The number of halogens is 2. The van der Waals surface area contributed by atoms with Gasteiger partial charge in [-0.05, 0) is 24.1 Å². The Morgan fingerprint density at radius 1 is 1.33 bits per heavy atom. The van der Waals surface area contributed by atoms with Crippen LogP contribution in [0.5, 0.6) is 0 Å². The van der Waals surface area contributed by atoms with E-state index in [1.165, 1.54) is 12.4 Å². The summed E-state index contributed by atoms with van der Waals surface area (Å²) < 4.78 is 14.4. The molecule has 2 aromatic rings. The number of aromatic nitrogens is 2. The summed E-state index contributed by atoms with van der Waals surface area (Å²) in [7, 11) is 0. The SMILES string of the molecule is NNC(Cc1ccc(Br)cc1F)c1cncnc1. The molecule has 0 aliphatic heterocycles. The van der Waals surface area contributed by atoms with E-state index in [9.17, 15) is 4.39 Å². The highest BCUT2D eigenvalue weighted by Gasteiger charge is 2.13. The minimum atomic E-state index is -0.263. The van der Waals surface area contributed by atoms with Gasteiger partial charge in [-0.15, -0.1) is 0 Å². The van der Waals surface area contributed by atoms with E-state index >= 15 is 0 Å². The highest BCUT2D eigenvalue weighted by molar-refractivity contribution is 9.10. The van der Waals surface area contributed by atoms with Crippen molar-refractivity contribution in [2.24, 2.45) is 5.84 Å². The van der Waals surface area contributed by atoms with Crippen molar-refractivity contribution >= 4 is 15.9 Å². The molecular formula is C12H12BrFN4. The lowest BCUT2D eigenvalue weighted by atomic mass is 10.0. The molecule has 1 heterocycles. The summed E-state index contributed by atoms with van der Waals surface area (Å²) in [6, 6.07) is 4.74. The van der Waals surface area contributed by atoms with E-state index in [0.29, 0.717) is 16.5 Å². The lowest BCUT2D eigenvalue weighted by Gasteiger charge is -2.16. The first-order chi connectivity index (χ1) is 8.70. The zero-order valence-electron chi connectivity index (χ0n) is 9.48. The molecule has 3 N–H and O–H groups in total. The molecule has 1 aromatic heterocycles. The van der Waals surface area contributed by atoms with Gasteiger partial charge in [0.25, 0.3) is 0 Å². The van der Waals surface area contributed by atoms with Crippen molar-refractivity contribution in [2.75, 3.05) is 0 Å². The van der Waals surface area contributed by atoms with E-state index < -0.39 is 0 Å².